The third-order valence-electron chi connectivity index (χ3n) is 12.7. The molecular weight excluding hydrogens is 618 g/mol. The summed E-state index contributed by atoms with van der Waals surface area (Å²) in [7, 11) is 1.72. The minimum atomic E-state index is -2.19. The zero-order valence-electron chi connectivity index (χ0n) is 29.1. The van der Waals surface area contributed by atoms with Crippen LogP contribution in [0.2, 0.25) is 0 Å². The zero-order valence-corrected chi connectivity index (χ0v) is 29.1. The van der Waals surface area contributed by atoms with E-state index in [4.69, 9.17) is 23.7 Å². The fourth-order valence-corrected chi connectivity index (χ4v) is 10.2. The van der Waals surface area contributed by atoms with Crippen molar-refractivity contribution in [1.82, 2.24) is 0 Å². The molecule has 5 fully saturated rings. The summed E-state index contributed by atoms with van der Waals surface area (Å²) >= 11 is 0. The smallest absolute Gasteiger partial charge is 0.340 e. The van der Waals surface area contributed by atoms with E-state index in [1.807, 2.05) is 26.8 Å². The van der Waals surface area contributed by atoms with Gasteiger partial charge in [-0.3, -0.25) is 9.59 Å². The van der Waals surface area contributed by atoms with E-state index in [0.29, 0.717) is 23.2 Å². The Balaban J connectivity index is 1.39. The van der Waals surface area contributed by atoms with Crippen LogP contribution in [0.25, 0.3) is 0 Å². The number of hydrogen-bond acceptors (Lipinski definition) is 11. The van der Waals surface area contributed by atoms with Crippen molar-refractivity contribution in [2.75, 3.05) is 19.0 Å². The van der Waals surface area contributed by atoms with E-state index in [1.165, 1.54) is 0 Å². The first-order valence-corrected chi connectivity index (χ1v) is 17.4. The lowest BCUT2D eigenvalue weighted by molar-refractivity contribution is -0.329. The second-order valence-electron chi connectivity index (χ2n) is 15.9. The molecule has 1 aromatic rings. The van der Waals surface area contributed by atoms with Crippen LogP contribution in [0.15, 0.2) is 35.9 Å². The highest BCUT2D eigenvalue weighted by Crippen LogP contribution is 2.80. The highest BCUT2D eigenvalue weighted by Gasteiger charge is 2.94. The number of ether oxygens (including phenoxy) is 5. The molecule has 0 unspecified atom stereocenters. The quantitative estimate of drug-likeness (QED) is 0.210. The van der Waals surface area contributed by atoms with Crippen LogP contribution in [0.5, 0.6) is 0 Å². The van der Waals surface area contributed by atoms with Crippen molar-refractivity contribution in [3.63, 3.8) is 0 Å². The fourth-order valence-electron chi connectivity index (χ4n) is 10.2. The Labute approximate surface area is 281 Å². The predicted octanol–water partition coefficient (Wildman–Crippen LogP) is 3.95. The van der Waals surface area contributed by atoms with Gasteiger partial charge < -0.3 is 39.2 Å². The van der Waals surface area contributed by atoms with Gasteiger partial charge >= 0.3 is 11.9 Å². The molecule has 3 saturated carbocycles. The molecule has 0 amide bonds. The molecule has 6 aliphatic rings. The largest absolute Gasteiger partial charge is 0.458 e. The van der Waals surface area contributed by atoms with Crippen molar-refractivity contribution in [2.24, 2.45) is 29.1 Å². The van der Waals surface area contributed by atoms with Crippen LogP contribution in [0.1, 0.15) is 84.5 Å². The van der Waals surface area contributed by atoms with Crippen molar-refractivity contribution >= 4 is 23.4 Å². The number of rotatable bonds is 8. The Bertz CT molecular complexity index is 1590. The predicted molar refractivity (Wildman–Crippen MR) is 173 cm³/mol. The van der Waals surface area contributed by atoms with Gasteiger partial charge in [-0.2, -0.15) is 0 Å². The SMILES string of the molecule is CCCCCC(=O)O[C@@H]1[C@@H](C)[C@@]2(O)[C@H]([C@@H]3C(C)(C)[C@]13OC(=O)c1ccccc1NC)[C@@H]1O[C@@]13COC(C)(C)O[C@H]3[C@]1(O)C(=O)C(C)=C[C@H]12. The molecular formula is C37H49NO10. The van der Waals surface area contributed by atoms with Gasteiger partial charge in [0.25, 0.3) is 0 Å². The van der Waals surface area contributed by atoms with Gasteiger partial charge in [0.1, 0.15) is 17.8 Å². The summed E-state index contributed by atoms with van der Waals surface area (Å²) in [5.74, 6) is -6.10. The van der Waals surface area contributed by atoms with Gasteiger partial charge in [-0.05, 0) is 44.9 Å². The molecule has 11 heteroatoms. The molecule has 0 radical (unpaired) electrons. The zero-order chi connectivity index (χ0) is 34.8. The van der Waals surface area contributed by atoms with Crippen LogP contribution in [-0.4, -0.2) is 88.1 Å². The first-order valence-electron chi connectivity index (χ1n) is 17.4. The number of benzene rings is 1. The molecule has 11 nitrogen and oxygen atoms in total. The number of nitrogens with one attached hydrogen (secondary N) is 1. The number of aliphatic hydroxyl groups is 2. The number of ketones is 1. The highest BCUT2D eigenvalue weighted by molar-refractivity contribution is 6.05. The van der Waals surface area contributed by atoms with E-state index >= 15 is 0 Å². The summed E-state index contributed by atoms with van der Waals surface area (Å²) in [5, 5.41) is 29.1. The molecule has 4 aliphatic carbocycles. The average Bonchev–Trinajstić information content (AvgIpc) is 3.85. The Kier molecular flexibility index (Phi) is 7.42. The molecule has 2 heterocycles. The minimum Gasteiger partial charge on any atom is -0.458 e. The monoisotopic (exact) mass is 667 g/mol. The van der Waals surface area contributed by atoms with Gasteiger partial charge in [0.15, 0.2) is 22.8 Å². The molecule has 262 valence electrons. The van der Waals surface area contributed by atoms with Crippen molar-refractivity contribution in [3.05, 3.63) is 41.5 Å². The number of unbranched alkanes of at least 4 members (excludes halogenated alkanes) is 2. The van der Waals surface area contributed by atoms with Crippen molar-refractivity contribution in [1.29, 1.82) is 0 Å². The Morgan fingerprint density at radius 2 is 1.79 bits per heavy atom. The van der Waals surface area contributed by atoms with Crippen LogP contribution >= 0.6 is 0 Å². The first-order chi connectivity index (χ1) is 22.5. The third kappa shape index (κ3) is 4.14. The second-order valence-corrected chi connectivity index (χ2v) is 15.9. The van der Waals surface area contributed by atoms with E-state index < -0.39 is 93.3 Å². The van der Waals surface area contributed by atoms with E-state index in [0.717, 1.165) is 12.8 Å². The summed E-state index contributed by atoms with van der Waals surface area (Å²) in [4.78, 5) is 41.7. The number of esters is 2. The van der Waals surface area contributed by atoms with Gasteiger partial charge in [0.05, 0.1) is 23.9 Å². The lowest BCUT2D eigenvalue weighted by Gasteiger charge is -2.54. The number of anilines is 1. The number of epoxide rings is 1. The number of carbonyl (C=O) groups is 3. The van der Waals surface area contributed by atoms with Crippen LogP contribution in [0.3, 0.4) is 0 Å². The lowest BCUT2D eigenvalue weighted by Crippen LogP contribution is -2.70. The summed E-state index contributed by atoms with van der Waals surface area (Å²) in [5.41, 5.74) is -6.23. The van der Waals surface area contributed by atoms with Crippen LogP contribution in [0.4, 0.5) is 5.69 Å². The van der Waals surface area contributed by atoms with E-state index in [1.54, 1.807) is 59.0 Å². The van der Waals surface area contributed by atoms with Gasteiger partial charge in [0.2, 0.25) is 0 Å². The first kappa shape index (κ1) is 33.7. The fraction of sp³-hybridized carbons (Fsp3) is 0.703. The number of carbonyl (C=O) groups excluding carboxylic acids is 3. The molecule has 7 rings (SSSR count). The Morgan fingerprint density at radius 1 is 1.08 bits per heavy atom. The molecule has 0 aromatic heterocycles. The maximum atomic E-state index is 14.1. The molecule has 2 saturated heterocycles. The van der Waals surface area contributed by atoms with Gasteiger partial charge in [-0.25, -0.2) is 4.79 Å². The topological polar surface area (TPSA) is 153 Å². The minimum absolute atomic E-state index is 0.0307. The standard InChI is InChI=1S/C37H49NO10/c1-9-10-11-16-24(39)45-28-20(3)35(42)23-17-19(2)27(40)36(23,43)31-34(18-44-33(6,7)48-31)29(46-34)25(35)26-32(4,5)37(26,28)47-30(41)21-14-12-13-15-22(21)38-8/h12-15,17,20,23,25-26,28-29,31,38,42-43H,9-11,16,18H2,1-8H3/t20-,23+,25-,26-,28-,29+,31-,34+,35+,36-,37-/m1/s1. The molecule has 11 atom stereocenters. The van der Waals surface area contributed by atoms with Crippen LogP contribution in [0, 0.1) is 29.1 Å². The molecule has 2 aliphatic heterocycles. The molecule has 1 spiro atoms. The van der Waals surface area contributed by atoms with Crippen molar-refractivity contribution < 1.29 is 48.3 Å². The third-order valence-corrected chi connectivity index (χ3v) is 12.7. The number of para-hydroxylation sites is 1. The Morgan fingerprint density at radius 3 is 2.48 bits per heavy atom. The summed E-state index contributed by atoms with van der Waals surface area (Å²) in [6.45, 7) is 12.8. The maximum Gasteiger partial charge on any atom is 0.340 e. The number of Topliss-reactive ketones (excluding diaryl/α,β-unsaturated/α-hetero) is 1. The summed E-state index contributed by atoms with van der Waals surface area (Å²) in [6.07, 6.45) is 1.25. The van der Waals surface area contributed by atoms with Crippen LogP contribution < -0.4 is 5.32 Å². The summed E-state index contributed by atoms with van der Waals surface area (Å²) in [6, 6.07) is 7.02. The van der Waals surface area contributed by atoms with Crippen molar-refractivity contribution in [2.45, 2.75) is 121 Å². The number of fused-ring (bicyclic) bond motifs is 7. The Hall–Kier alpha value is -2.83. The molecule has 3 N–H and O–H groups in total. The van der Waals surface area contributed by atoms with Gasteiger partial charge in [0, 0.05) is 48.2 Å². The van der Waals surface area contributed by atoms with E-state index in [9.17, 15) is 24.6 Å². The average molecular weight is 668 g/mol. The normalized spacial score (nSPS) is 44.0. The number of hydrogen-bond donors (Lipinski definition) is 3. The van der Waals surface area contributed by atoms with Gasteiger partial charge in [-0.15, -0.1) is 0 Å². The maximum absolute atomic E-state index is 14.1. The van der Waals surface area contributed by atoms with Crippen LogP contribution in [-0.2, 0) is 33.3 Å². The lowest BCUT2D eigenvalue weighted by atomic mass is 9.58. The summed E-state index contributed by atoms with van der Waals surface area (Å²) < 4.78 is 32.0. The highest BCUT2D eigenvalue weighted by atomic mass is 16.8. The van der Waals surface area contributed by atoms with Crippen molar-refractivity contribution in [3.8, 4) is 0 Å². The molecule has 48 heavy (non-hydrogen) atoms. The second kappa shape index (κ2) is 10.6. The van der Waals surface area contributed by atoms with E-state index in [2.05, 4.69) is 5.32 Å². The molecule has 1 aromatic carbocycles. The van der Waals surface area contributed by atoms with E-state index in [-0.39, 0.29) is 13.0 Å². The molecule has 0 bridgehead atoms. The van der Waals surface area contributed by atoms with Gasteiger partial charge in [-0.1, -0.05) is 58.7 Å².